The van der Waals surface area contributed by atoms with Crippen LogP contribution in [0.15, 0.2) is 59.0 Å². The first-order valence-electron chi connectivity index (χ1n) is 19.7. The molecule has 1 aromatic heterocycles. The van der Waals surface area contributed by atoms with Crippen LogP contribution in [0.2, 0.25) is 0 Å². The number of benzene rings is 2. The lowest BCUT2D eigenvalue weighted by molar-refractivity contribution is -0.140. The van der Waals surface area contributed by atoms with E-state index in [-0.39, 0.29) is 37.0 Å². The third-order valence-electron chi connectivity index (χ3n) is 11.0. The normalized spacial score (nSPS) is 20.7. The summed E-state index contributed by atoms with van der Waals surface area (Å²) in [5, 5.41) is 5.83. The van der Waals surface area contributed by atoms with Crippen LogP contribution in [0.4, 0.5) is 4.79 Å². The van der Waals surface area contributed by atoms with Gasteiger partial charge in [-0.25, -0.2) is 9.78 Å². The zero-order valence-electron chi connectivity index (χ0n) is 30.7. The maximum atomic E-state index is 14.6. The third-order valence-corrected chi connectivity index (χ3v) is 11.0. The first kappa shape index (κ1) is 38.4. The molecule has 6 rings (SSSR count). The molecule has 3 fully saturated rings. The number of carbonyl (C=O) groups is 4. The molecule has 12 heteroatoms. The van der Waals surface area contributed by atoms with Gasteiger partial charge in [0.2, 0.25) is 17.6 Å². The lowest BCUT2D eigenvalue weighted by Gasteiger charge is -2.29. The number of rotatable bonds is 17. The summed E-state index contributed by atoms with van der Waals surface area (Å²) in [4.78, 5) is 61.8. The highest BCUT2D eigenvalue weighted by Gasteiger charge is 2.44. The SMILES string of the molecule is NCCCC[C@H](NC(=O)[C@@H]1C[C@@H](OCC2CCCCC2)CN1C(=O)[C@@H](CCc1ccccc1)NC(=O)OC1CCCC1)C(=O)c1nc2ccccc2o1. The van der Waals surface area contributed by atoms with Crippen LogP contribution in [0.25, 0.3) is 11.1 Å². The van der Waals surface area contributed by atoms with E-state index in [9.17, 15) is 19.2 Å². The minimum Gasteiger partial charge on any atom is -0.446 e. The predicted molar refractivity (Wildman–Crippen MR) is 200 cm³/mol. The summed E-state index contributed by atoms with van der Waals surface area (Å²) >= 11 is 0. The van der Waals surface area contributed by atoms with Gasteiger partial charge in [-0.15, -0.1) is 0 Å². The number of aryl methyl sites for hydroxylation is 1. The summed E-state index contributed by atoms with van der Waals surface area (Å²) < 4.78 is 17.9. The first-order valence-corrected chi connectivity index (χ1v) is 19.7. The van der Waals surface area contributed by atoms with Gasteiger partial charge in [-0.05, 0) is 101 Å². The Morgan fingerprint density at radius 1 is 0.849 bits per heavy atom. The van der Waals surface area contributed by atoms with E-state index in [0.29, 0.717) is 62.3 Å². The van der Waals surface area contributed by atoms with Crippen molar-refractivity contribution in [1.82, 2.24) is 20.5 Å². The van der Waals surface area contributed by atoms with Crippen LogP contribution in [-0.4, -0.2) is 83.6 Å². The minimum absolute atomic E-state index is 0.0803. The number of aromatic nitrogens is 1. The Balaban J connectivity index is 1.21. The second-order valence-corrected chi connectivity index (χ2v) is 14.9. The van der Waals surface area contributed by atoms with Crippen molar-refractivity contribution in [2.75, 3.05) is 19.7 Å². The number of nitrogens with one attached hydrogen (secondary N) is 2. The van der Waals surface area contributed by atoms with Gasteiger partial charge < -0.3 is 35.2 Å². The summed E-state index contributed by atoms with van der Waals surface area (Å²) in [5.74, 6) is -0.905. The molecule has 3 aromatic rings. The van der Waals surface area contributed by atoms with Crippen molar-refractivity contribution >= 4 is 34.8 Å². The van der Waals surface area contributed by atoms with Crippen molar-refractivity contribution in [2.45, 2.75) is 127 Å². The van der Waals surface area contributed by atoms with Crippen LogP contribution in [0.3, 0.4) is 0 Å². The summed E-state index contributed by atoms with van der Waals surface area (Å²) in [5.41, 5.74) is 7.83. The van der Waals surface area contributed by atoms with Crippen molar-refractivity contribution in [2.24, 2.45) is 11.7 Å². The second kappa shape index (κ2) is 19.2. The minimum atomic E-state index is -0.935. The van der Waals surface area contributed by atoms with E-state index in [1.54, 1.807) is 18.2 Å². The quantitative estimate of drug-likeness (QED) is 0.114. The molecule has 4 N–H and O–H groups in total. The van der Waals surface area contributed by atoms with Gasteiger partial charge in [0.1, 0.15) is 23.7 Å². The lowest BCUT2D eigenvalue weighted by atomic mass is 9.90. The Kier molecular flexibility index (Phi) is 13.9. The highest BCUT2D eigenvalue weighted by molar-refractivity contribution is 6.01. The number of ether oxygens (including phenoxy) is 2. The second-order valence-electron chi connectivity index (χ2n) is 14.9. The largest absolute Gasteiger partial charge is 0.446 e. The van der Waals surface area contributed by atoms with Crippen LogP contribution >= 0.6 is 0 Å². The van der Waals surface area contributed by atoms with E-state index in [2.05, 4.69) is 15.6 Å². The molecule has 3 amide bonds. The van der Waals surface area contributed by atoms with Gasteiger partial charge in [0, 0.05) is 19.6 Å². The number of hydrogen-bond acceptors (Lipinski definition) is 9. The maximum absolute atomic E-state index is 14.6. The number of unbranched alkanes of at least 4 members (excludes halogenated alkanes) is 1. The van der Waals surface area contributed by atoms with Crippen LogP contribution in [0.5, 0.6) is 0 Å². The summed E-state index contributed by atoms with van der Waals surface area (Å²) in [6, 6.07) is 14.1. The van der Waals surface area contributed by atoms with E-state index < -0.39 is 35.9 Å². The molecule has 3 aliphatic rings. The number of alkyl carbamates (subject to hydrolysis) is 1. The van der Waals surface area contributed by atoms with E-state index in [1.165, 1.54) is 24.2 Å². The molecule has 4 atom stereocenters. The van der Waals surface area contributed by atoms with Crippen molar-refractivity contribution in [3.8, 4) is 0 Å². The number of para-hydroxylation sites is 2. The monoisotopic (exact) mass is 729 g/mol. The van der Waals surface area contributed by atoms with Gasteiger partial charge in [0.05, 0.1) is 12.1 Å². The number of ketones is 1. The Labute approximate surface area is 311 Å². The van der Waals surface area contributed by atoms with Crippen molar-refractivity contribution in [3.63, 3.8) is 0 Å². The number of fused-ring (bicyclic) bond motifs is 1. The molecule has 2 heterocycles. The average Bonchev–Trinajstić information content (AvgIpc) is 3.96. The number of likely N-dealkylation sites (tertiary alicyclic amines) is 1. The maximum Gasteiger partial charge on any atom is 0.408 e. The Morgan fingerprint density at radius 3 is 2.34 bits per heavy atom. The molecule has 1 aliphatic heterocycles. The molecule has 2 aliphatic carbocycles. The predicted octanol–water partition coefficient (Wildman–Crippen LogP) is 5.86. The molecule has 2 aromatic carbocycles. The molecule has 0 radical (unpaired) electrons. The number of hydrogen-bond donors (Lipinski definition) is 3. The van der Waals surface area contributed by atoms with Crippen molar-refractivity contribution in [1.29, 1.82) is 0 Å². The van der Waals surface area contributed by atoms with Gasteiger partial charge in [-0.1, -0.05) is 61.7 Å². The molecular weight excluding hydrogens is 674 g/mol. The number of carbonyl (C=O) groups excluding carboxylic acids is 4. The number of oxazole rings is 1. The standard InChI is InChI=1S/C41H55N5O7/c42-24-12-11-20-33(37(47)39-44-32-19-9-10-21-36(32)53-39)43-38(48)35-25-31(51-27-29-15-5-2-6-16-29)26-46(35)40(49)34(23-22-28-13-3-1-4-14-28)45-41(50)52-30-17-7-8-18-30/h1,3-4,9-10,13-14,19,21,29-31,33-35H,2,5-8,11-12,15-18,20,22-27,42H2,(H,43,48)(H,45,50)/t31-,33+,34-,35+/m1/s1. The van der Waals surface area contributed by atoms with Gasteiger partial charge in [0.15, 0.2) is 5.58 Å². The molecule has 1 saturated heterocycles. The van der Waals surface area contributed by atoms with Gasteiger partial charge in [-0.3, -0.25) is 14.4 Å². The first-order chi connectivity index (χ1) is 25.9. The van der Waals surface area contributed by atoms with E-state index in [1.807, 2.05) is 36.4 Å². The van der Waals surface area contributed by atoms with Gasteiger partial charge >= 0.3 is 6.09 Å². The molecule has 0 bridgehead atoms. The Hall–Kier alpha value is -4.29. The van der Waals surface area contributed by atoms with Crippen molar-refractivity contribution < 1.29 is 33.1 Å². The average molecular weight is 730 g/mol. The summed E-state index contributed by atoms with van der Waals surface area (Å²) in [6.07, 6.45) is 11.0. The fourth-order valence-corrected chi connectivity index (χ4v) is 7.94. The molecular formula is C41H55N5O7. The summed E-state index contributed by atoms with van der Waals surface area (Å²) in [6.45, 7) is 1.22. The number of nitrogens with zero attached hydrogens (tertiary/aromatic N) is 2. The van der Waals surface area contributed by atoms with Crippen LogP contribution in [0, 0.1) is 5.92 Å². The zero-order chi connectivity index (χ0) is 37.0. The lowest BCUT2D eigenvalue weighted by Crippen LogP contribution is -2.55. The third kappa shape index (κ3) is 10.7. The topological polar surface area (TPSA) is 166 Å². The van der Waals surface area contributed by atoms with Gasteiger partial charge in [0.25, 0.3) is 5.89 Å². The van der Waals surface area contributed by atoms with Gasteiger partial charge in [-0.2, -0.15) is 0 Å². The smallest absolute Gasteiger partial charge is 0.408 e. The number of nitrogens with two attached hydrogens (primary N) is 1. The Bertz CT molecular complexity index is 1620. The molecule has 286 valence electrons. The zero-order valence-corrected chi connectivity index (χ0v) is 30.7. The van der Waals surface area contributed by atoms with Crippen LogP contribution < -0.4 is 16.4 Å². The molecule has 12 nitrogen and oxygen atoms in total. The number of Topliss-reactive ketones (excluding diaryl/α,β-unsaturated/α-hetero) is 1. The van der Waals surface area contributed by atoms with Crippen LogP contribution in [-0.2, 0) is 25.5 Å². The fourth-order valence-electron chi connectivity index (χ4n) is 7.94. The van der Waals surface area contributed by atoms with Crippen molar-refractivity contribution in [3.05, 3.63) is 66.1 Å². The molecule has 2 saturated carbocycles. The highest BCUT2D eigenvalue weighted by Crippen LogP contribution is 2.28. The molecule has 53 heavy (non-hydrogen) atoms. The van der Waals surface area contributed by atoms with E-state index in [4.69, 9.17) is 19.6 Å². The highest BCUT2D eigenvalue weighted by atomic mass is 16.6. The number of amides is 3. The Morgan fingerprint density at radius 2 is 1.58 bits per heavy atom. The van der Waals surface area contributed by atoms with E-state index >= 15 is 0 Å². The fraction of sp³-hybridized carbons (Fsp3) is 0.585. The van der Waals surface area contributed by atoms with Crippen LogP contribution in [0.1, 0.15) is 106 Å². The molecule has 0 spiro atoms. The summed E-state index contributed by atoms with van der Waals surface area (Å²) in [7, 11) is 0. The molecule has 0 unspecified atom stereocenters. The van der Waals surface area contributed by atoms with E-state index in [0.717, 1.165) is 44.1 Å².